The Hall–Kier alpha value is -0.450. The zero-order valence-corrected chi connectivity index (χ0v) is 15.1. The van der Waals surface area contributed by atoms with E-state index in [-0.39, 0.29) is 0 Å². The monoisotopic (exact) mass is 353 g/mol. The van der Waals surface area contributed by atoms with E-state index in [9.17, 15) is 0 Å². The van der Waals surface area contributed by atoms with Gasteiger partial charge in [-0.05, 0) is 40.4 Å². The molecule has 1 aliphatic heterocycles. The first-order valence-corrected chi connectivity index (χ1v) is 9.01. The van der Waals surface area contributed by atoms with Crippen LogP contribution in [-0.2, 0) is 6.54 Å². The van der Waals surface area contributed by atoms with Gasteiger partial charge in [-0.25, -0.2) is 0 Å². The Bertz CT molecular complexity index is 421. The molecule has 1 aromatic heterocycles. The molecule has 1 saturated heterocycles. The van der Waals surface area contributed by atoms with Crippen molar-refractivity contribution in [1.29, 1.82) is 0 Å². The van der Waals surface area contributed by atoms with Gasteiger partial charge in [0.25, 0.3) is 0 Å². The second-order valence-corrected chi connectivity index (χ2v) is 7.16. The lowest BCUT2D eigenvalue weighted by molar-refractivity contribution is 0.0948. The highest BCUT2D eigenvalue weighted by atomic mass is 79.9. The normalized spacial score (nSPS) is 25.0. The van der Waals surface area contributed by atoms with Crippen LogP contribution in [0.15, 0.2) is 22.8 Å². The highest BCUT2D eigenvalue weighted by molar-refractivity contribution is 9.10. The Morgan fingerprint density at radius 2 is 2.24 bits per heavy atom. The Morgan fingerprint density at radius 1 is 1.43 bits per heavy atom. The first-order valence-electron chi connectivity index (χ1n) is 8.21. The van der Waals surface area contributed by atoms with Crippen LogP contribution in [0.3, 0.4) is 0 Å². The Kier molecular flexibility index (Phi) is 6.65. The highest BCUT2D eigenvalue weighted by Gasteiger charge is 2.29. The van der Waals surface area contributed by atoms with Gasteiger partial charge in [-0.15, -0.1) is 0 Å². The van der Waals surface area contributed by atoms with Gasteiger partial charge in [0.05, 0.1) is 5.69 Å². The van der Waals surface area contributed by atoms with Crippen LogP contribution in [0.4, 0.5) is 0 Å². The third-order valence-electron chi connectivity index (χ3n) is 4.67. The fraction of sp³-hybridized carbons (Fsp3) is 0.706. The molecule has 0 amide bonds. The molecule has 0 aliphatic carbocycles. The smallest absolute Gasteiger partial charge is 0.0544 e. The van der Waals surface area contributed by atoms with Crippen molar-refractivity contribution in [2.45, 2.75) is 58.7 Å². The van der Waals surface area contributed by atoms with Crippen molar-refractivity contribution < 1.29 is 0 Å². The summed E-state index contributed by atoms with van der Waals surface area (Å²) in [4.78, 5) is 7.18. The number of nitrogens with zero attached hydrogens (tertiary/aromatic N) is 2. The number of nitrogens with one attached hydrogen (secondary N) is 1. The number of rotatable bonds is 6. The summed E-state index contributed by atoms with van der Waals surface area (Å²) in [6.07, 6.45) is 5.64. The zero-order chi connectivity index (χ0) is 15.2. The van der Waals surface area contributed by atoms with Crippen molar-refractivity contribution in [3.8, 4) is 0 Å². The second kappa shape index (κ2) is 8.25. The van der Waals surface area contributed by atoms with Crippen molar-refractivity contribution in [1.82, 2.24) is 15.2 Å². The molecule has 21 heavy (non-hydrogen) atoms. The maximum absolute atomic E-state index is 4.55. The van der Waals surface area contributed by atoms with Gasteiger partial charge in [0.2, 0.25) is 0 Å². The number of halogens is 1. The van der Waals surface area contributed by atoms with Crippen LogP contribution in [0.25, 0.3) is 0 Å². The van der Waals surface area contributed by atoms with Gasteiger partial charge in [0.15, 0.2) is 0 Å². The molecule has 118 valence electrons. The van der Waals surface area contributed by atoms with Crippen molar-refractivity contribution in [3.05, 3.63) is 28.5 Å². The van der Waals surface area contributed by atoms with Gasteiger partial charge in [-0.2, -0.15) is 0 Å². The van der Waals surface area contributed by atoms with E-state index >= 15 is 0 Å². The maximum Gasteiger partial charge on any atom is 0.0544 e. The zero-order valence-electron chi connectivity index (χ0n) is 13.5. The Morgan fingerprint density at radius 3 is 2.86 bits per heavy atom. The SMILES string of the molecule is CCCC1CNC(C(C)CC)CN1Cc1ccc(Br)cn1. The maximum atomic E-state index is 4.55. The molecule has 2 rings (SSSR count). The lowest BCUT2D eigenvalue weighted by Gasteiger charge is -2.42. The van der Waals surface area contributed by atoms with Crippen molar-refractivity contribution in [3.63, 3.8) is 0 Å². The first kappa shape index (κ1) is 16.9. The average Bonchev–Trinajstić information content (AvgIpc) is 2.50. The lowest BCUT2D eigenvalue weighted by atomic mass is 9.94. The predicted octanol–water partition coefficient (Wildman–Crippen LogP) is 3.83. The highest BCUT2D eigenvalue weighted by Crippen LogP contribution is 2.20. The molecule has 3 atom stereocenters. The minimum absolute atomic E-state index is 0.610. The van der Waals surface area contributed by atoms with Crippen LogP contribution in [0.5, 0.6) is 0 Å². The van der Waals surface area contributed by atoms with Crippen LogP contribution in [0, 0.1) is 5.92 Å². The molecule has 1 fully saturated rings. The summed E-state index contributed by atoms with van der Waals surface area (Å²) in [6, 6.07) is 5.47. The summed E-state index contributed by atoms with van der Waals surface area (Å²) >= 11 is 3.46. The van der Waals surface area contributed by atoms with Crippen LogP contribution >= 0.6 is 15.9 Å². The van der Waals surface area contributed by atoms with Crippen LogP contribution in [0.2, 0.25) is 0 Å². The van der Waals surface area contributed by atoms with E-state index in [2.05, 4.69) is 64.0 Å². The van der Waals surface area contributed by atoms with Gasteiger partial charge in [-0.3, -0.25) is 9.88 Å². The van der Waals surface area contributed by atoms with Crippen LogP contribution in [-0.4, -0.2) is 35.1 Å². The van der Waals surface area contributed by atoms with E-state index in [1.54, 1.807) is 0 Å². The van der Waals surface area contributed by atoms with Gasteiger partial charge in [0, 0.05) is 42.4 Å². The molecule has 3 unspecified atom stereocenters. The fourth-order valence-electron chi connectivity index (χ4n) is 3.07. The van der Waals surface area contributed by atoms with E-state index in [1.165, 1.54) is 25.0 Å². The quantitative estimate of drug-likeness (QED) is 0.842. The topological polar surface area (TPSA) is 28.2 Å². The average molecular weight is 354 g/mol. The molecule has 0 aromatic carbocycles. The molecule has 0 spiro atoms. The third-order valence-corrected chi connectivity index (χ3v) is 5.14. The third kappa shape index (κ3) is 4.76. The van der Waals surface area contributed by atoms with Gasteiger partial charge < -0.3 is 5.32 Å². The summed E-state index contributed by atoms with van der Waals surface area (Å²) in [7, 11) is 0. The molecule has 0 saturated carbocycles. The summed E-state index contributed by atoms with van der Waals surface area (Å²) < 4.78 is 1.05. The number of piperazine rings is 1. The van der Waals surface area contributed by atoms with Crippen LogP contribution in [0.1, 0.15) is 45.7 Å². The molecular formula is C17H28BrN3. The lowest BCUT2D eigenvalue weighted by Crippen LogP contribution is -2.57. The molecule has 0 radical (unpaired) electrons. The number of hydrogen-bond donors (Lipinski definition) is 1. The van der Waals surface area contributed by atoms with E-state index in [0.29, 0.717) is 12.1 Å². The van der Waals surface area contributed by atoms with Crippen molar-refractivity contribution >= 4 is 15.9 Å². The molecule has 3 nitrogen and oxygen atoms in total. The Balaban J connectivity index is 2.04. The van der Waals surface area contributed by atoms with Gasteiger partial charge in [0.1, 0.15) is 0 Å². The van der Waals surface area contributed by atoms with E-state index in [0.717, 1.165) is 30.0 Å². The molecule has 0 bridgehead atoms. The Labute approximate surface area is 137 Å². The van der Waals surface area contributed by atoms with Gasteiger partial charge in [-0.1, -0.05) is 33.6 Å². The van der Waals surface area contributed by atoms with Crippen LogP contribution < -0.4 is 5.32 Å². The van der Waals surface area contributed by atoms with E-state index in [4.69, 9.17) is 0 Å². The summed E-state index contributed by atoms with van der Waals surface area (Å²) in [5.74, 6) is 0.730. The van der Waals surface area contributed by atoms with Crippen molar-refractivity contribution in [2.75, 3.05) is 13.1 Å². The number of hydrogen-bond acceptors (Lipinski definition) is 3. The minimum Gasteiger partial charge on any atom is -0.311 e. The fourth-order valence-corrected chi connectivity index (χ4v) is 3.30. The standard InChI is InChI=1S/C17H28BrN3/c1-4-6-16-10-20-17(13(3)5-2)12-21(16)11-15-8-7-14(18)9-19-15/h7-9,13,16-17,20H,4-6,10-12H2,1-3H3. The van der Waals surface area contributed by atoms with E-state index < -0.39 is 0 Å². The van der Waals surface area contributed by atoms with Crippen molar-refractivity contribution in [2.24, 2.45) is 5.92 Å². The predicted molar refractivity (Wildman–Crippen MR) is 92.3 cm³/mol. The van der Waals surface area contributed by atoms with Gasteiger partial charge >= 0.3 is 0 Å². The number of aromatic nitrogens is 1. The number of pyridine rings is 1. The molecule has 1 N–H and O–H groups in total. The second-order valence-electron chi connectivity index (χ2n) is 6.24. The van der Waals surface area contributed by atoms with E-state index in [1.807, 2.05) is 6.20 Å². The molecule has 1 aromatic rings. The summed E-state index contributed by atoms with van der Waals surface area (Å²) in [6.45, 7) is 10.1. The first-order chi connectivity index (χ1) is 10.1. The minimum atomic E-state index is 0.610. The molecule has 4 heteroatoms. The summed E-state index contributed by atoms with van der Waals surface area (Å²) in [5, 5.41) is 3.76. The largest absolute Gasteiger partial charge is 0.311 e. The molecule has 1 aliphatic rings. The molecule has 2 heterocycles. The summed E-state index contributed by atoms with van der Waals surface area (Å²) in [5.41, 5.74) is 1.17. The molecular weight excluding hydrogens is 326 g/mol.